The fraction of sp³-hybridized carbons (Fsp3) is 0.286. The minimum Gasteiger partial charge on any atom is -0.361 e. The fourth-order valence-corrected chi connectivity index (χ4v) is 1.45. The molecule has 4 nitrogen and oxygen atoms in total. The predicted octanol–water partition coefficient (Wildman–Crippen LogP) is 1.74. The van der Waals surface area contributed by atoms with E-state index < -0.39 is 0 Å². The summed E-state index contributed by atoms with van der Waals surface area (Å²) in [6.07, 6.45) is 0. The highest BCUT2D eigenvalue weighted by atomic mass is 35.5. The highest BCUT2D eigenvalue weighted by Crippen LogP contribution is 2.29. The van der Waals surface area contributed by atoms with E-state index in [9.17, 15) is 0 Å². The van der Waals surface area contributed by atoms with E-state index >= 15 is 0 Å². The van der Waals surface area contributed by atoms with Crippen LogP contribution >= 0.6 is 23.2 Å². The van der Waals surface area contributed by atoms with Crippen molar-refractivity contribution in [2.24, 2.45) is 5.84 Å². The van der Waals surface area contributed by atoms with E-state index in [0.717, 1.165) is 0 Å². The third-order valence-corrected chi connectivity index (χ3v) is 2.04. The molecule has 0 aliphatic heterocycles. The summed E-state index contributed by atoms with van der Waals surface area (Å²) in [5, 5.41) is 0.895. The number of nitrogens with one attached hydrogen (secondary N) is 1. The van der Waals surface area contributed by atoms with E-state index in [1.54, 1.807) is 11.0 Å². The Morgan fingerprint density at radius 3 is 2.46 bits per heavy atom. The molecule has 72 valence electrons. The van der Waals surface area contributed by atoms with Gasteiger partial charge in [0.2, 0.25) is 0 Å². The van der Waals surface area contributed by atoms with Gasteiger partial charge in [-0.3, -0.25) is 0 Å². The van der Waals surface area contributed by atoms with E-state index in [0.29, 0.717) is 21.7 Å². The van der Waals surface area contributed by atoms with Crippen LogP contribution in [-0.4, -0.2) is 19.1 Å². The summed E-state index contributed by atoms with van der Waals surface area (Å²) >= 11 is 11.7. The van der Waals surface area contributed by atoms with Gasteiger partial charge in [-0.1, -0.05) is 23.2 Å². The summed E-state index contributed by atoms with van der Waals surface area (Å²) in [7, 11) is 3.67. The Balaban J connectivity index is 3.22. The highest BCUT2D eigenvalue weighted by Gasteiger charge is 2.09. The lowest BCUT2D eigenvalue weighted by molar-refractivity contribution is 1.06. The molecule has 0 aliphatic carbocycles. The van der Waals surface area contributed by atoms with Crippen molar-refractivity contribution in [3.05, 3.63) is 16.1 Å². The number of rotatable bonds is 2. The second-order valence-electron chi connectivity index (χ2n) is 2.66. The smallest absolute Gasteiger partial charge is 0.161 e. The minimum atomic E-state index is 0.401. The normalized spacial score (nSPS) is 9.92. The topological polar surface area (TPSA) is 54.2 Å². The van der Waals surface area contributed by atoms with Crippen LogP contribution in [0.3, 0.4) is 0 Å². The number of nitrogens with zero attached hydrogens (tertiary/aromatic N) is 2. The van der Waals surface area contributed by atoms with Gasteiger partial charge in [0.25, 0.3) is 0 Å². The molecule has 0 saturated carbocycles. The van der Waals surface area contributed by atoms with Gasteiger partial charge in [0, 0.05) is 14.1 Å². The SMILES string of the molecule is CN(C)c1nc(NN)c(Cl)cc1Cl. The quantitative estimate of drug-likeness (QED) is 0.590. The maximum atomic E-state index is 5.90. The van der Waals surface area contributed by atoms with Crippen molar-refractivity contribution in [1.82, 2.24) is 4.98 Å². The van der Waals surface area contributed by atoms with Crippen LogP contribution in [-0.2, 0) is 0 Å². The summed E-state index contributed by atoms with van der Waals surface area (Å²) in [6, 6.07) is 1.60. The average molecular weight is 221 g/mol. The van der Waals surface area contributed by atoms with Crippen LogP contribution in [0.25, 0.3) is 0 Å². The first kappa shape index (κ1) is 10.4. The zero-order valence-electron chi connectivity index (χ0n) is 7.31. The second-order valence-corrected chi connectivity index (χ2v) is 3.48. The van der Waals surface area contributed by atoms with Gasteiger partial charge in [-0.2, -0.15) is 0 Å². The van der Waals surface area contributed by atoms with Crippen LogP contribution in [0.2, 0.25) is 10.0 Å². The van der Waals surface area contributed by atoms with E-state index in [1.807, 2.05) is 14.1 Å². The summed E-state index contributed by atoms with van der Waals surface area (Å²) < 4.78 is 0. The van der Waals surface area contributed by atoms with E-state index in [1.165, 1.54) is 0 Å². The lowest BCUT2D eigenvalue weighted by atomic mass is 10.4. The third kappa shape index (κ3) is 2.15. The third-order valence-electron chi connectivity index (χ3n) is 1.47. The molecule has 1 rings (SSSR count). The molecule has 1 aromatic rings. The van der Waals surface area contributed by atoms with E-state index in [4.69, 9.17) is 29.0 Å². The first-order valence-corrected chi connectivity index (χ1v) is 4.32. The van der Waals surface area contributed by atoms with Crippen LogP contribution in [0.15, 0.2) is 6.07 Å². The predicted molar refractivity (Wildman–Crippen MR) is 56.4 cm³/mol. The number of hydrazine groups is 1. The molecule has 1 aromatic heterocycles. The van der Waals surface area contributed by atoms with E-state index in [-0.39, 0.29) is 0 Å². The number of nitrogen functional groups attached to an aromatic ring is 1. The van der Waals surface area contributed by atoms with Crippen molar-refractivity contribution in [3.63, 3.8) is 0 Å². The number of aromatic nitrogens is 1. The van der Waals surface area contributed by atoms with Gasteiger partial charge < -0.3 is 10.3 Å². The van der Waals surface area contributed by atoms with Gasteiger partial charge in [0.05, 0.1) is 10.0 Å². The van der Waals surface area contributed by atoms with Crippen LogP contribution in [0, 0.1) is 0 Å². The number of hydrogen-bond acceptors (Lipinski definition) is 4. The molecule has 0 spiro atoms. The Morgan fingerprint density at radius 1 is 1.38 bits per heavy atom. The van der Waals surface area contributed by atoms with Crippen molar-refractivity contribution in [1.29, 1.82) is 0 Å². The Bertz CT molecular complexity index is 314. The minimum absolute atomic E-state index is 0.401. The van der Waals surface area contributed by atoms with Crippen LogP contribution in [0.1, 0.15) is 0 Å². The molecule has 6 heteroatoms. The maximum absolute atomic E-state index is 5.90. The molecule has 0 unspecified atom stereocenters. The second kappa shape index (κ2) is 4.00. The number of pyridine rings is 1. The molecule has 3 N–H and O–H groups in total. The Morgan fingerprint density at radius 2 is 2.00 bits per heavy atom. The molecule has 0 fully saturated rings. The zero-order valence-corrected chi connectivity index (χ0v) is 8.82. The lowest BCUT2D eigenvalue weighted by Crippen LogP contribution is -2.15. The van der Waals surface area contributed by atoms with Crippen molar-refractivity contribution in [2.45, 2.75) is 0 Å². The summed E-state index contributed by atoms with van der Waals surface area (Å²) in [5.74, 6) is 6.25. The highest BCUT2D eigenvalue weighted by molar-refractivity contribution is 6.37. The molecule has 0 aliphatic rings. The average Bonchev–Trinajstić information content (AvgIpc) is 2.03. The molecule has 0 saturated heterocycles. The van der Waals surface area contributed by atoms with Crippen molar-refractivity contribution in [3.8, 4) is 0 Å². The van der Waals surface area contributed by atoms with Gasteiger partial charge in [-0.25, -0.2) is 10.8 Å². The van der Waals surface area contributed by atoms with Gasteiger partial charge in [-0.15, -0.1) is 0 Å². The number of nitrogens with two attached hydrogens (primary N) is 1. The summed E-state index contributed by atoms with van der Waals surface area (Å²) in [6.45, 7) is 0. The van der Waals surface area contributed by atoms with Gasteiger partial charge >= 0.3 is 0 Å². The van der Waals surface area contributed by atoms with Crippen LogP contribution < -0.4 is 16.2 Å². The molecular formula is C7H10Cl2N4. The number of hydrogen-bond donors (Lipinski definition) is 2. The van der Waals surface area contributed by atoms with Gasteiger partial charge in [0.15, 0.2) is 5.82 Å². The zero-order chi connectivity index (χ0) is 10.0. The van der Waals surface area contributed by atoms with Crippen molar-refractivity contribution < 1.29 is 0 Å². The van der Waals surface area contributed by atoms with Crippen LogP contribution in [0.5, 0.6) is 0 Å². The fourth-order valence-electron chi connectivity index (χ4n) is 0.872. The molecule has 0 amide bonds. The van der Waals surface area contributed by atoms with Crippen molar-refractivity contribution >= 4 is 34.8 Å². The first-order chi connectivity index (χ1) is 6.06. The Hall–Kier alpha value is -0.710. The van der Waals surface area contributed by atoms with E-state index in [2.05, 4.69) is 10.4 Å². The van der Waals surface area contributed by atoms with Crippen molar-refractivity contribution in [2.75, 3.05) is 24.4 Å². The Labute approximate surface area is 86.6 Å². The summed E-state index contributed by atoms with van der Waals surface area (Å²) in [4.78, 5) is 5.89. The first-order valence-electron chi connectivity index (χ1n) is 3.56. The summed E-state index contributed by atoms with van der Waals surface area (Å²) in [5.41, 5.74) is 2.39. The van der Waals surface area contributed by atoms with Crippen LogP contribution in [0.4, 0.5) is 11.6 Å². The lowest BCUT2D eigenvalue weighted by Gasteiger charge is -2.14. The molecular weight excluding hydrogens is 211 g/mol. The number of halogens is 2. The molecule has 0 atom stereocenters. The number of anilines is 2. The van der Waals surface area contributed by atoms with Gasteiger partial charge in [-0.05, 0) is 6.07 Å². The largest absolute Gasteiger partial charge is 0.361 e. The molecule has 0 radical (unpaired) electrons. The standard InChI is InChI=1S/C7H10Cl2N4/c1-13(2)7-5(9)3-4(8)6(11-7)12-10/h3H,10H2,1-2H3,(H,11,12). The Kier molecular flexibility index (Phi) is 3.19. The molecule has 1 heterocycles. The molecule has 0 aromatic carbocycles. The maximum Gasteiger partial charge on any atom is 0.161 e. The molecule has 0 bridgehead atoms. The molecule has 13 heavy (non-hydrogen) atoms. The van der Waals surface area contributed by atoms with Gasteiger partial charge in [0.1, 0.15) is 5.82 Å². The monoisotopic (exact) mass is 220 g/mol.